The molecule has 4 N–H and O–H groups in total. The lowest BCUT2D eigenvalue weighted by Crippen LogP contribution is -2.01. The molecular formula is C10H18N5O5P. The zero-order chi connectivity index (χ0) is 16.0. The van der Waals surface area contributed by atoms with Crippen molar-refractivity contribution < 1.29 is 23.8 Å². The van der Waals surface area contributed by atoms with Crippen LogP contribution in [0.25, 0.3) is 11.2 Å². The molecule has 0 radical (unpaired) electrons. The van der Waals surface area contributed by atoms with Crippen molar-refractivity contribution in [2.24, 2.45) is 0 Å². The lowest BCUT2D eigenvalue weighted by Gasteiger charge is -2.02. The van der Waals surface area contributed by atoms with Crippen molar-refractivity contribution in [3.8, 4) is 5.88 Å². The molecule has 2 rings (SSSR count). The topological polar surface area (TPSA) is 146 Å². The first-order chi connectivity index (χ1) is 9.82. The van der Waals surface area contributed by atoms with Crippen molar-refractivity contribution in [1.29, 1.82) is 0 Å². The molecule has 11 heteroatoms. The van der Waals surface area contributed by atoms with Crippen LogP contribution in [0.1, 0.15) is 6.92 Å². The first-order valence-corrected chi connectivity index (χ1v) is 7.68. The monoisotopic (exact) mass is 319 g/mol. The Kier molecular flexibility index (Phi) is 6.03. The summed E-state index contributed by atoms with van der Waals surface area (Å²) in [6.45, 7) is 2.79. The van der Waals surface area contributed by atoms with Gasteiger partial charge in [0.05, 0.1) is 13.4 Å². The van der Waals surface area contributed by atoms with Gasteiger partial charge in [-0.05, 0) is 6.92 Å². The van der Waals surface area contributed by atoms with Crippen LogP contribution in [-0.4, -0.2) is 49.9 Å². The maximum absolute atomic E-state index is 9.80. The summed E-state index contributed by atoms with van der Waals surface area (Å²) in [6, 6.07) is 0. The standard InChI is InChI=1S/C8H11N5O.C2H7O4P/c1-3-13-4-10-5-6(13)11-8(9)12-7(5)14-2;1-6-2-7(3,4)5/h4H,3H2,1-2H3,(H2,9,11,12);2H2,1H3,(H2,3,4,5). The van der Waals surface area contributed by atoms with Crippen LogP contribution in [0.5, 0.6) is 5.88 Å². The Morgan fingerprint density at radius 1 is 1.38 bits per heavy atom. The van der Waals surface area contributed by atoms with Gasteiger partial charge in [-0.1, -0.05) is 0 Å². The van der Waals surface area contributed by atoms with Gasteiger partial charge in [0.15, 0.2) is 11.2 Å². The van der Waals surface area contributed by atoms with E-state index < -0.39 is 13.9 Å². The summed E-state index contributed by atoms with van der Waals surface area (Å²) in [6.07, 6.45) is 1.20. The number of fused-ring (bicyclic) bond motifs is 1. The average molecular weight is 319 g/mol. The highest BCUT2D eigenvalue weighted by molar-refractivity contribution is 7.51. The van der Waals surface area contributed by atoms with E-state index in [9.17, 15) is 4.57 Å². The Morgan fingerprint density at radius 2 is 2.05 bits per heavy atom. The van der Waals surface area contributed by atoms with Crippen LogP contribution >= 0.6 is 7.60 Å². The van der Waals surface area contributed by atoms with Gasteiger partial charge in [-0.2, -0.15) is 9.97 Å². The van der Waals surface area contributed by atoms with Gasteiger partial charge < -0.3 is 29.6 Å². The zero-order valence-electron chi connectivity index (χ0n) is 11.9. The lowest BCUT2D eigenvalue weighted by molar-refractivity contribution is 0.217. The molecule has 10 nitrogen and oxygen atoms in total. The van der Waals surface area contributed by atoms with Gasteiger partial charge in [-0.25, -0.2) is 4.98 Å². The highest BCUT2D eigenvalue weighted by Crippen LogP contribution is 2.33. The van der Waals surface area contributed by atoms with Crippen molar-refractivity contribution in [3.05, 3.63) is 6.33 Å². The molecule has 0 aromatic carbocycles. The van der Waals surface area contributed by atoms with Crippen LogP contribution in [-0.2, 0) is 15.8 Å². The second-order valence-electron chi connectivity index (χ2n) is 3.88. The number of anilines is 1. The second-order valence-corrected chi connectivity index (χ2v) is 5.46. The fraction of sp³-hybridized carbons (Fsp3) is 0.500. The first kappa shape index (κ1) is 17.3. The molecule has 0 aliphatic heterocycles. The number of rotatable bonds is 4. The quantitative estimate of drug-likeness (QED) is 0.673. The van der Waals surface area contributed by atoms with E-state index in [1.807, 2.05) is 11.5 Å². The molecule has 0 aliphatic carbocycles. The predicted octanol–water partition coefficient (Wildman–Crippen LogP) is 0.205. The van der Waals surface area contributed by atoms with Crippen LogP contribution < -0.4 is 10.5 Å². The Hall–Kier alpha value is -1.74. The van der Waals surface area contributed by atoms with Gasteiger partial charge in [0.25, 0.3) is 0 Å². The van der Waals surface area contributed by atoms with Gasteiger partial charge >= 0.3 is 7.60 Å². The number of ether oxygens (including phenoxy) is 2. The number of imidazole rings is 1. The number of aromatic nitrogens is 4. The minimum absolute atomic E-state index is 0.199. The Balaban J connectivity index is 0.000000270. The van der Waals surface area contributed by atoms with Crippen LogP contribution in [0.3, 0.4) is 0 Å². The molecule has 0 saturated carbocycles. The number of nitrogens with two attached hydrogens (primary N) is 1. The van der Waals surface area contributed by atoms with E-state index in [0.717, 1.165) is 6.54 Å². The molecular weight excluding hydrogens is 301 g/mol. The molecule has 0 fully saturated rings. The second kappa shape index (κ2) is 7.32. The lowest BCUT2D eigenvalue weighted by atomic mass is 10.5. The molecule has 2 aromatic rings. The summed E-state index contributed by atoms with van der Waals surface area (Å²) in [5.74, 6) is 0.615. The van der Waals surface area contributed by atoms with Gasteiger partial charge in [0.1, 0.15) is 6.35 Å². The fourth-order valence-electron chi connectivity index (χ4n) is 1.48. The smallest absolute Gasteiger partial charge is 0.350 e. The maximum atomic E-state index is 9.80. The van der Waals surface area contributed by atoms with Gasteiger partial charge in [0.2, 0.25) is 11.8 Å². The van der Waals surface area contributed by atoms with Crippen LogP contribution in [0.15, 0.2) is 6.33 Å². The predicted molar refractivity (Wildman–Crippen MR) is 75.9 cm³/mol. The van der Waals surface area contributed by atoms with Crippen LogP contribution in [0.2, 0.25) is 0 Å². The largest absolute Gasteiger partial charge is 0.479 e. The Bertz CT molecular complexity index is 640. The maximum Gasteiger partial charge on any atom is 0.350 e. The molecule has 0 spiro atoms. The van der Waals surface area contributed by atoms with Crippen LogP contribution in [0, 0.1) is 0 Å². The zero-order valence-corrected chi connectivity index (χ0v) is 12.8. The molecule has 21 heavy (non-hydrogen) atoms. The average Bonchev–Trinajstić information content (AvgIpc) is 2.79. The van der Waals surface area contributed by atoms with Crippen molar-refractivity contribution in [2.75, 3.05) is 26.3 Å². The minimum atomic E-state index is -3.89. The third-order valence-corrected chi connectivity index (χ3v) is 2.88. The van der Waals surface area contributed by atoms with Crippen LogP contribution in [0.4, 0.5) is 5.95 Å². The Morgan fingerprint density at radius 3 is 2.48 bits per heavy atom. The Labute approximate surface area is 121 Å². The van der Waals surface area contributed by atoms with E-state index in [2.05, 4.69) is 19.7 Å². The number of aryl methyl sites for hydroxylation is 1. The van der Waals surface area contributed by atoms with E-state index in [1.54, 1.807) is 6.33 Å². The number of nitrogen functional groups attached to an aromatic ring is 1. The van der Waals surface area contributed by atoms with E-state index >= 15 is 0 Å². The molecule has 0 amide bonds. The van der Waals surface area contributed by atoms with Crippen molar-refractivity contribution in [3.63, 3.8) is 0 Å². The third-order valence-electron chi connectivity index (χ3n) is 2.28. The summed E-state index contributed by atoms with van der Waals surface area (Å²) < 4.78 is 20.9. The highest BCUT2D eigenvalue weighted by Gasteiger charge is 2.11. The molecule has 0 unspecified atom stereocenters. The fourth-order valence-corrected chi connectivity index (χ4v) is 1.81. The minimum Gasteiger partial charge on any atom is -0.479 e. The van der Waals surface area contributed by atoms with Gasteiger partial charge in [-0.3, -0.25) is 4.57 Å². The molecule has 0 bridgehead atoms. The highest BCUT2D eigenvalue weighted by atomic mass is 31.2. The summed E-state index contributed by atoms with van der Waals surface area (Å²) in [4.78, 5) is 28.2. The molecule has 0 saturated heterocycles. The number of hydrogen-bond acceptors (Lipinski definition) is 7. The van der Waals surface area contributed by atoms with Gasteiger partial charge in [0, 0.05) is 13.7 Å². The summed E-state index contributed by atoms with van der Waals surface area (Å²) >= 11 is 0. The number of nitrogens with zero attached hydrogens (tertiary/aromatic N) is 4. The normalized spacial score (nSPS) is 11.1. The summed E-state index contributed by atoms with van der Waals surface area (Å²) in [5.41, 5.74) is 6.89. The SMILES string of the molecule is CCn1cnc2c(OC)nc(N)nc21.COCP(=O)(O)O. The summed E-state index contributed by atoms with van der Waals surface area (Å²) in [7, 11) is -1.12. The molecule has 2 aromatic heterocycles. The van der Waals surface area contributed by atoms with Crippen molar-refractivity contribution in [2.45, 2.75) is 13.5 Å². The van der Waals surface area contributed by atoms with E-state index in [1.165, 1.54) is 14.2 Å². The van der Waals surface area contributed by atoms with E-state index in [0.29, 0.717) is 17.0 Å². The van der Waals surface area contributed by atoms with Gasteiger partial charge in [-0.15, -0.1) is 0 Å². The summed E-state index contributed by atoms with van der Waals surface area (Å²) in [5, 5.41) is 0. The van der Waals surface area contributed by atoms with E-state index in [-0.39, 0.29) is 5.95 Å². The molecule has 0 aliphatic rings. The number of hydrogen-bond donors (Lipinski definition) is 3. The van der Waals surface area contributed by atoms with E-state index in [4.69, 9.17) is 20.3 Å². The van der Waals surface area contributed by atoms with Crippen molar-refractivity contribution in [1.82, 2.24) is 19.5 Å². The molecule has 2 heterocycles. The first-order valence-electron chi connectivity index (χ1n) is 5.88. The molecule has 0 atom stereocenters. The number of methoxy groups -OCH3 is 2. The van der Waals surface area contributed by atoms with Crippen molar-refractivity contribution >= 4 is 24.7 Å². The molecule has 118 valence electrons. The third kappa shape index (κ3) is 4.94.